The summed E-state index contributed by atoms with van der Waals surface area (Å²) in [5, 5.41) is 6.50. The van der Waals surface area contributed by atoms with E-state index < -0.39 is 5.60 Å². The normalized spacial score (nSPS) is 14.7. The third kappa shape index (κ3) is 5.82. The Bertz CT molecular complexity index is 1230. The van der Waals surface area contributed by atoms with E-state index in [1.54, 1.807) is 47.2 Å². The SMILES string of the molecule is CNC(=O)c1cn2cc(-c3ccncc3Cl)nc(NCC3CCN(C(=O)OC(C)(C)C)CC3)c2n1. The highest BCUT2D eigenvalue weighted by atomic mass is 35.5. The Kier molecular flexibility index (Phi) is 7.11. The second-order valence-corrected chi connectivity index (χ2v) is 9.97. The molecule has 0 atom stereocenters. The average Bonchev–Trinajstić information content (AvgIpc) is 3.26. The van der Waals surface area contributed by atoms with Gasteiger partial charge < -0.3 is 24.7 Å². The quantitative estimate of drug-likeness (QED) is 0.547. The van der Waals surface area contributed by atoms with Gasteiger partial charge in [0.25, 0.3) is 5.91 Å². The average molecular weight is 500 g/mol. The molecule has 4 heterocycles. The van der Waals surface area contributed by atoms with Crippen LogP contribution in [0.15, 0.2) is 30.9 Å². The number of aromatic nitrogens is 4. The van der Waals surface area contributed by atoms with Crippen LogP contribution in [-0.2, 0) is 4.74 Å². The summed E-state index contributed by atoms with van der Waals surface area (Å²) in [5.74, 6) is 0.620. The molecule has 2 N–H and O–H groups in total. The highest BCUT2D eigenvalue weighted by Crippen LogP contribution is 2.28. The number of carbonyl (C=O) groups is 2. The Hall–Kier alpha value is -3.40. The molecule has 3 aromatic rings. The van der Waals surface area contributed by atoms with E-state index >= 15 is 0 Å². The van der Waals surface area contributed by atoms with Crippen LogP contribution >= 0.6 is 11.6 Å². The highest BCUT2D eigenvalue weighted by molar-refractivity contribution is 6.33. The monoisotopic (exact) mass is 499 g/mol. The summed E-state index contributed by atoms with van der Waals surface area (Å²) in [5.41, 5.74) is 1.69. The zero-order valence-corrected chi connectivity index (χ0v) is 21.1. The second-order valence-electron chi connectivity index (χ2n) is 9.56. The fourth-order valence-electron chi connectivity index (χ4n) is 3.95. The number of carbonyl (C=O) groups excluding carboxylic acids is 2. The summed E-state index contributed by atoms with van der Waals surface area (Å²) in [4.78, 5) is 39.6. The number of nitrogens with zero attached hydrogens (tertiary/aromatic N) is 5. The van der Waals surface area contributed by atoms with E-state index in [1.165, 1.54) is 0 Å². The number of nitrogens with one attached hydrogen (secondary N) is 2. The topological polar surface area (TPSA) is 114 Å². The maximum atomic E-state index is 12.3. The van der Waals surface area contributed by atoms with Crippen LogP contribution in [0.4, 0.5) is 10.6 Å². The molecule has 1 aliphatic rings. The Morgan fingerprint density at radius 2 is 1.94 bits per heavy atom. The number of pyridine rings is 1. The largest absolute Gasteiger partial charge is 0.444 e. The first-order valence-corrected chi connectivity index (χ1v) is 12.0. The molecule has 0 spiro atoms. The van der Waals surface area contributed by atoms with Gasteiger partial charge in [0, 0.05) is 57.0 Å². The number of hydrogen-bond acceptors (Lipinski definition) is 7. The Balaban J connectivity index is 1.52. The minimum absolute atomic E-state index is 0.270. The van der Waals surface area contributed by atoms with Gasteiger partial charge in [0.15, 0.2) is 11.5 Å². The molecular formula is C24H30ClN7O3. The van der Waals surface area contributed by atoms with Crippen LogP contribution in [0.2, 0.25) is 5.02 Å². The molecule has 1 saturated heterocycles. The van der Waals surface area contributed by atoms with Crippen molar-refractivity contribution in [3.63, 3.8) is 0 Å². The van der Waals surface area contributed by atoms with Gasteiger partial charge in [-0.1, -0.05) is 11.6 Å². The van der Waals surface area contributed by atoms with Gasteiger partial charge in [-0.15, -0.1) is 0 Å². The fourth-order valence-corrected chi connectivity index (χ4v) is 4.17. The summed E-state index contributed by atoms with van der Waals surface area (Å²) in [6.07, 6.45) is 8.10. The van der Waals surface area contributed by atoms with Crippen molar-refractivity contribution in [1.82, 2.24) is 29.6 Å². The van der Waals surface area contributed by atoms with E-state index in [0.29, 0.717) is 53.4 Å². The van der Waals surface area contributed by atoms with Gasteiger partial charge in [0.1, 0.15) is 11.3 Å². The number of piperidine rings is 1. The van der Waals surface area contributed by atoms with Crippen molar-refractivity contribution in [2.75, 3.05) is 32.0 Å². The van der Waals surface area contributed by atoms with Crippen molar-refractivity contribution in [1.29, 1.82) is 0 Å². The molecule has 1 fully saturated rings. The summed E-state index contributed by atoms with van der Waals surface area (Å²) < 4.78 is 7.26. The van der Waals surface area contributed by atoms with E-state index in [4.69, 9.17) is 21.3 Å². The predicted octanol–water partition coefficient (Wildman–Crippen LogP) is 3.86. The molecule has 0 unspecified atom stereocenters. The molecule has 0 saturated carbocycles. The summed E-state index contributed by atoms with van der Waals surface area (Å²) >= 11 is 6.36. The van der Waals surface area contributed by atoms with Crippen molar-refractivity contribution in [3.05, 3.63) is 41.6 Å². The van der Waals surface area contributed by atoms with Gasteiger partial charge in [0.2, 0.25) is 0 Å². The molecule has 186 valence electrons. The molecule has 4 rings (SSSR count). The number of halogens is 1. The lowest BCUT2D eigenvalue weighted by Crippen LogP contribution is -2.42. The molecular weight excluding hydrogens is 470 g/mol. The number of hydrogen-bond donors (Lipinski definition) is 2. The van der Waals surface area contributed by atoms with E-state index in [1.807, 2.05) is 20.8 Å². The van der Waals surface area contributed by atoms with Gasteiger partial charge in [-0.25, -0.2) is 14.8 Å². The first-order valence-electron chi connectivity index (χ1n) is 11.6. The minimum Gasteiger partial charge on any atom is -0.444 e. The van der Waals surface area contributed by atoms with Gasteiger partial charge in [-0.05, 0) is 45.6 Å². The number of rotatable bonds is 5. The summed E-state index contributed by atoms with van der Waals surface area (Å²) in [6.45, 7) is 7.54. The van der Waals surface area contributed by atoms with Crippen LogP contribution in [0.1, 0.15) is 44.1 Å². The van der Waals surface area contributed by atoms with Crippen molar-refractivity contribution in [2.24, 2.45) is 5.92 Å². The van der Waals surface area contributed by atoms with E-state index in [2.05, 4.69) is 20.6 Å². The molecule has 3 aromatic heterocycles. The standard InChI is InChI=1S/C24H30ClN7O3/c1-24(2,3)35-23(34)31-9-6-15(7-10-31)11-28-20-21-30-19(22(33)26-4)14-32(21)13-18(29-20)16-5-8-27-12-17(16)25/h5,8,12-15H,6-7,9-11H2,1-4H3,(H,26,33)(H,28,29). The Labute approximate surface area is 209 Å². The second kappa shape index (κ2) is 10.1. The lowest BCUT2D eigenvalue weighted by atomic mass is 9.97. The highest BCUT2D eigenvalue weighted by Gasteiger charge is 2.27. The molecule has 0 aromatic carbocycles. The first kappa shape index (κ1) is 24.7. The minimum atomic E-state index is -0.507. The van der Waals surface area contributed by atoms with Crippen molar-refractivity contribution in [3.8, 4) is 11.3 Å². The first-order chi connectivity index (χ1) is 16.6. The number of imidazole rings is 1. The number of ether oxygens (including phenoxy) is 1. The zero-order chi connectivity index (χ0) is 25.2. The third-order valence-corrected chi connectivity index (χ3v) is 6.07. The summed E-state index contributed by atoms with van der Waals surface area (Å²) in [7, 11) is 1.57. The van der Waals surface area contributed by atoms with Crippen LogP contribution in [-0.4, -0.2) is 68.5 Å². The van der Waals surface area contributed by atoms with Crippen molar-refractivity contribution < 1.29 is 14.3 Å². The van der Waals surface area contributed by atoms with E-state index in [9.17, 15) is 9.59 Å². The van der Waals surface area contributed by atoms with E-state index in [-0.39, 0.29) is 12.0 Å². The fraction of sp³-hybridized carbons (Fsp3) is 0.458. The smallest absolute Gasteiger partial charge is 0.410 e. The van der Waals surface area contributed by atoms with Crippen LogP contribution in [0.5, 0.6) is 0 Å². The molecule has 0 radical (unpaired) electrons. The lowest BCUT2D eigenvalue weighted by Gasteiger charge is -2.33. The van der Waals surface area contributed by atoms with Crippen molar-refractivity contribution >= 4 is 35.1 Å². The molecule has 2 amide bonds. The third-order valence-electron chi connectivity index (χ3n) is 5.77. The van der Waals surface area contributed by atoms with Crippen molar-refractivity contribution in [2.45, 2.75) is 39.2 Å². The number of anilines is 1. The lowest BCUT2D eigenvalue weighted by molar-refractivity contribution is 0.0188. The molecule has 11 heteroatoms. The van der Waals surface area contributed by atoms with Gasteiger partial charge in [-0.2, -0.15) is 0 Å². The van der Waals surface area contributed by atoms with Gasteiger partial charge in [-0.3, -0.25) is 9.78 Å². The Morgan fingerprint density at radius 1 is 1.20 bits per heavy atom. The van der Waals surface area contributed by atoms with Gasteiger partial charge >= 0.3 is 6.09 Å². The van der Waals surface area contributed by atoms with Gasteiger partial charge in [0.05, 0.1) is 10.7 Å². The molecule has 0 aliphatic carbocycles. The van der Waals surface area contributed by atoms with E-state index in [0.717, 1.165) is 18.4 Å². The predicted molar refractivity (Wildman–Crippen MR) is 134 cm³/mol. The van der Waals surface area contributed by atoms with Crippen LogP contribution < -0.4 is 10.6 Å². The Morgan fingerprint density at radius 3 is 2.60 bits per heavy atom. The number of fused-ring (bicyclic) bond motifs is 1. The molecule has 10 nitrogen and oxygen atoms in total. The molecule has 35 heavy (non-hydrogen) atoms. The van der Waals surface area contributed by atoms with Crippen LogP contribution in [0, 0.1) is 5.92 Å². The molecule has 0 bridgehead atoms. The summed E-state index contributed by atoms with van der Waals surface area (Å²) in [6, 6.07) is 1.79. The maximum Gasteiger partial charge on any atom is 0.410 e. The zero-order valence-electron chi connectivity index (χ0n) is 20.3. The van der Waals surface area contributed by atoms with Crippen LogP contribution in [0.3, 0.4) is 0 Å². The maximum absolute atomic E-state index is 12.3. The van der Waals surface area contributed by atoms with Crippen LogP contribution in [0.25, 0.3) is 16.9 Å². The number of likely N-dealkylation sites (tertiary alicyclic amines) is 1. The number of amides is 2. The molecule has 1 aliphatic heterocycles.